The van der Waals surface area contributed by atoms with Crippen LogP contribution in [-0.2, 0) is 14.3 Å². The van der Waals surface area contributed by atoms with Crippen LogP contribution in [0.5, 0.6) is 0 Å². The van der Waals surface area contributed by atoms with E-state index in [9.17, 15) is 9.59 Å². The zero-order valence-corrected chi connectivity index (χ0v) is 11.7. The Balaban J connectivity index is -0.0000000743. The van der Waals surface area contributed by atoms with E-state index in [0.29, 0.717) is 6.61 Å². The minimum absolute atomic E-state index is 0.359. The lowest BCUT2D eigenvalue weighted by molar-refractivity contribution is -0.137. The highest BCUT2D eigenvalue weighted by Gasteiger charge is 1.86. The Hall–Kier alpha value is -1.33. The van der Waals surface area contributed by atoms with Crippen molar-refractivity contribution >= 4 is 23.5 Å². The number of primary amides is 1. The van der Waals surface area contributed by atoms with Gasteiger partial charge in [0, 0.05) is 12.5 Å². The zero-order valence-electron chi connectivity index (χ0n) is 11.0. The van der Waals surface area contributed by atoms with Crippen molar-refractivity contribution < 1.29 is 14.3 Å². The van der Waals surface area contributed by atoms with Crippen molar-refractivity contribution in [2.75, 3.05) is 27.1 Å². The van der Waals surface area contributed by atoms with Gasteiger partial charge in [-0.05, 0) is 27.1 Å². The second kappa shape index (κ2) is 29.3. The van der Waals surface area contributed by atoms with E-state index in [1.54, 1.807) is 6.92 Å². The molecule has 3 N–H and O–H groups in total. The number of nitrogens with two attached hydrogens (primary N) is 1. The van der Waals surface area contributed by atoms with Gasteiger partial charge in [-0.3, -0.25) is 4.79 Å². The van der Waals surface area contributed by atoms with Crippen LogP contribution in [-0.4, -0.2) is 39.0 Å². The SMILES string of the molecule is C=CC(=O)OCC.C=CC(N)=O.CCl.CNC. The lowest BCUT2D eigenvalue weighted by Crippen LogP contribution is -2.04. The maximum Gasteiger partial charge on any atom is 0.330 e. The molecular weight excluding hydrogens is 244 g/mol. The van der Waals surface area contributed by atoms with Gasteiger partial charge in [0.25, 0.3) is 0 Å². The Morgan fingerprint density at radius 3 is 1.65 bits per heavy atom. The fourth-order valence-electron chi connectivity index (χ4n) is 0.201. The van der Waals surface area contributed by atoms with Crippen LogP contribution in [0.2, 0.25) is 0 Å². The molecule has 1 amide bonds. The molecule has 0 saturated carbocycles. The molecule has 0 aliphatic heterocycles. The third-order valence-corrected chi connectivity index (χ3v) is 0.654. The third kappa shape index (κ3) is 73.3. The van der Waals surface area contributed by atoms with Gasteiger partial charge >= 0.3 is 5.97 Å². The Kier molecular flexibility index (Phi) is 42.7. The summed E-state index contributed by atoms with van der Waals surface area (Å²) in [6.07, 6.45) is 3.67. The average Bonchev–Trinajstić information content (AvgIpc) is 2.33. The average molecular weight is 267 g/mol. The summed E-state index contributed by atoms with van der Waals surface area (Å²) in [4.78, 5) is 19.5. The number of esters is 1. The summed E-state index contributed by atoms with van der Waals surface area (Å²) in [6.45, 7) is 8.46. The van der Waals surface area contributed by atoms with Gasteiger partial charge in [0.05, 0.1) is 6.61 Å². The van der Waals surface area contributed by atoms with Crippen LogP contribution in [0.25, 0.3) is 0 Å². The number of halogens is 1. The molecule has 17 heavy (non-hydrogen) atoms. The second-order valence-electron chi connectivity index (χ2n) is 2.06. The summed E-state index contributed by atoms with van der Waals surface area (Å²) in [7, 11) is 3.75. The zero-order chi connectivity index (χ0) is 14.7. The van der Waals surface area contributed by atoms with E-state index < -0.39 is 5.91 Å². The largest absolute Gasteiger partial charge is 0.463 e. The lowest BCUT2D eigenvalue weighted by atomic mass is 10.6. The summed E-state index contributed by atoms with van der Waals surface area (Å²) in [5.41, 5.74) is 4.53. The Morgan fingerprint density at radius 1 is 1.29 bits per heavy atom. The summed E-state index contributed by atoms with van der Waals surface area (Å²) < 4.78 is 4.43. The second-order valence-corrected chi connectivity index (χ2v) is 2.06. The number of nitrogens with one attached hydrogen (secondary N) is 1. The summed E-state index contributed by atoms with van der Waals surface area (Å²) >= 11 is 4.64. The molecule has 0 aliphatic rings. The molecule has 0 aliphatic carbocycles. The quantitative estimate of drug-likeness (QED) is 0.455. The highest BCUT2D eigenvalue weighted by atomic mass is 35.5. The lowest BCUT2D eigenvalue weighted by Gasteiger charge is -1.90. The van der Waals surface area contributed by atoms with Gasteiger partial charge in [-0.2, -0.15) is 0 Å². The molecule has 0 radical (unpaired) electrons. The van der Waals surface area contributed by atoms with Gasteiger partial charge in [0.2, 0.25) is 5.91 Å². The standard InChI is InChI=1S/C5H8O2.C3H5NO.C2H7N.CH3Cl/c1-3-5(6)7-4-2;1-2-3(4)5;1-3-2;1-2/h3H,1,4H2,2H3;2H,1H2,(H2,4,5);3H,1-2H3;1H3. The fourth-order valence-corrected chi connectivity index (χ4v) is 0.201. The summed E-state index contributed by atoms with van der Waals surface area (Å²) in [5, 5.41) is 2.75. The molecule has 6 heteroatoms. The molecule has 102 valence electrons. The van der Waals surface area contributed by atoms with Crippen molar-refractivity contribution in [1.82, 2.24) is 5.32 Å². The molecule has 0 saturated heterocycles. The fraction of sp³-hybridized carbons (Fsp3) is 0.455. The maximum atomic E-state index is 10.1. The van der Waals surface area contributed by atoms with Crippen LogP contribution in [0, 0.1) is 0 Å². The van der Waals surface area contributed by atoms with Crippen LogP contribution in [0.1, 0.15) is 6.92 Å². The monoisotopic (exact) mass is 266 g/mol. The number of rotatable bonds is 3. The molecule has 5 nitrogen and oxygen atoms in total. The van der Waals surface area contributed by atoms with E-state index in [1.807, 2.05) is 14.1 Å². The summed E-state index contributed by atoms with van der Waals surface area (Å²) in [6, 6.07) is 0. The first-order chi connectivity index (χ1) is 7.99. The van der Waals surface area contributed by atoms with E-state index in [0.717, 1.165) is 12.2 Å². The van der Waals surface area contributed by atoms with E-state index in [1.165, 1.54) is 6.38 Å². The Bertz CT molecular complexity index is 197. The maximum absolute atomic E-state index is 10.1. The van der Waals surface area contributed by atoms with Crippen molar-refractivity contribution in [2.24, 2.45) is 5.73 Å². The number of carbonyl (C=O) groups is 2. The molecule has 0 aromatic heterocycles. The van der Waals surface area contributed by atoms with Gasteiger partial charge < -0.3 is 15.8 Å². The molecule has 0 fully saturated rings. The van der Waals surface area contributed by atoms with Gasteiger partial charge in [0.1, 0.15) is 0 Å². The predicted octanol–water partition coefficient (Wildman–Crippen LogP) is 1.08. The van der Waals surface area contributed by atoms with Gasteiger partial charge in [-0.1, -0.05) is 13.2 Å². The number of alkyl halides is 1. The van der Waals surface area contributed by atoms with Crippen molar-refractivity contribution in [3.8, 4) is 0 Å². The molecule has 0 rings (SSSR count). The minimum Gasteiger partial charge on any atom is -0.463 e. The molecule has 0 aromatic carbocycles. The van der Waals surface area contributed by atoms with Crippen molar-refractivity contribution in [1.29, 1.82) is 0 Å². The highest BCUT2D eigenvalue weighted by molar-refractivity contribution is 6.15. The molecule has 0 spiro atoms. The summed E-state index contributed by atoms with van der Waals surface area (Å²) in [5.74, 6) is -0.840. The smallest absolute Gasteiger partial charge is 0.330 e. The predicted molar refractivity (Wildman–Crippen MR) is 73.0 cm³/mol. The first kappa shape index (κ1) is 24.8. The van der Waals surface area contributed by atoms with Crippen molar-refractivity contribution in [3.63, 3.8) is 0 Å². The molecular formula is C11H23ClN2O3. The number of carbonyl (C=O) groups excluding carboxylic acids is 2. The van der Waals surface area contributed by atoms with E-state index in [4.69, 9.17) is 0 Å². The van der Waals surface area contributed by atoms with Gasteiger partial charge in [-0.15, -0.1) is 11.6 Å². The normalized spacial score (nSPS) is 6.41. The third-order valence-electron chi connectivity index (χ3n) is 0.654. The van der Waals surface area contributed by atoms with Gasteiger partial charge in [0.15, 0.2) is 0 Å². The minimum atomic E-state index is -0.481. The molecule has 0 aromatic rings. The number of hydrogen-bond acceptors (Lipinski definition) is 4. The highest BCUT2D eigenvalue weighted by Crippen LogP contribution is 1.74. The first-order valence-corrected chi connectivity index (χ1v) is 5.42. The van der Waals surface area contributed by atoms with Crippen LogP contribution < -0.4 is 11.1 Å². The Morgan fingerprint density at radius 2 is 1.59 bits per heavy atom. The number of ether oxygens (including phenoxy) is 1. The molecule has 0 heterocycles. The van der Waals surface area contributed by atoms with Crippen LogP contribution in [0.3, 0.4) is 0 Å². The van der Waals surface area contributed by atoms with E-state index in [2.05, 4.69) is 40.5 Å². The van der Waals surface area contributed by atoms with Crippen LogP contribution in [0.4, 0.5) is 0 Å². The first-order valence-electron chi connectivity index (χ1n) is 4.67. The molecule has 0 bridgehead atoms. The van der Waals surface area contributed by atoms with E-state index >= 15 is 0 Å². The van der Waals surface area contributed by atoms with Gasteiger partial charge in [-0.25, -0.2) is 4.79 Å². The van der Waals surface area contributed by atoms with Crippen LogP contribution in [0.15, 0.2) is 25.3 Å². The van der Waals surface area contributed by atoms with Crippen LogP contribution >= 0.6 is 11.6 Å². The van der Waals surface area contributed by atoms with Crippen molar-refractivity contribution in [2.45, 2.75) is 6.92 Å². The van der Waals surface area contributed by atoms with E-state index in [-0.39, 0.29) is 5.97 Å². The Labute approximate surface area is 109 Å². The van der Waals surface area contributed by atoms with Crippen molar-refractivity contribution in [3.05, 3.63) is 25.3 Å². The molecule has 0 unspecified atom stereocenters. The number of hydrogen-bond donors (Lipinski definition) is 2. The number of amides is 1. The topological polar surface area (TPSA) is 81.4 Å². The molecule has 0 atom stereocenters.